The minimum atomic E-state index is -0.503. The first-order valence-corrected chi connectivity index (χ1v) is 6.19. The van der Waals surface area contributed by atoms with Crippen LogP contribution in [0.1, 0.15) is 24.1 Å². The van der Waals surface area contributed by atoms with Crippen molar-refractivity contribution in [1.29, 1.82) is 0 Å². The van der Waals surface area contributed by atoms with E-state index >= 15 is 0 Å². The Morgan fingerprint density at radius 1 is 1.37 bits per heavy atom. The van der Waals surface area contributed by atoms with Gasteiger partial charge in [-0.1, -0.05) is 12.1 Å². The molecule has 1 aliphatic rings. The smallest absolute Gasteiger partial charge is 0.235 e. The summed E-state index contributed by atoms with van der Waals surface area (Å²) < 4.78 is 12.9. The third-order valence-corrected chi connectivity index (χ3v) is 3.66. The van der Waals surface area contributed by atoms with Gasteiger partial charge in [-0.2, -0.15) is 5.10 Å². The average Bonchev–Trinajstić information content (AvgIpc) is 3.11. The lowest BCUT2D eigenvalue weighted by Gasteiger charge is -2.15. The van der Waals surface area contributed by atoms with Gasteiger partial charge in [-0.05, 0) is 37.5 Å². The van der Waals surface area contributed by atoms with Gasteiger partial charge < -0.3 is 5.32 Å². The largest absolute Gasteiger partial charge is 0.322 e. The van der Waals surface area contributed by atoms with E-state index in [-0.39, 0.29) is 11.7 Å². The van der Waals surface area contributed by atoms with E-state index in [1.165, 1.54) is 12.1 Å². The minimum Gasteiger partial charge on any atom is -0.322 e. The molecular formula is C14H14FN3O. The highest BCUT2D eigenvalue weighted by Gasteiger charge is 2.51. The van der Waals surface area contributed by atoms with E-state index in [0.29, 0.717) is 5.69 Å². The zero-order valence-electron chi connectivity index (χ0n) is 10.5. The number of benzene rings is 1. The van der Waals surface area contributed by atoms with Gasteiger partial charge >= 0.3 is 0 Å². The second-order valence-corrected chi connectivity index (χ2v) is 4.95. The van der Waals surface area contributed by atoms with Crippen LogP contribution in [0, 0.1) is 12.7 Å². The number of H-pyrrole nitrogens is 1. The summed E-state index contributed by atoms with van der Waals surface area (Å²) >= 11 is 0. The molecule has 1 fully saturated rings. The van der Waals surface area contributed by atoms with E-state index < -0.39 is 5.41 Å². The highest BCUT2D eigenvalue weighted by Crippen LogP contribution is 2.49. The molecule has 98 valence electrons. The number of amides is 1. The number of hydrogen-bond donors (Lipinski definition) is 2. The Labute approximate surface area is 110 Å². The van der Waals surface area contributed by atoms with Crippen LogP contribution in [0.4, 0.5) is 10.1 Å². The number of halogens is 1. The molecule has 0 atom stereocenters. The van der Waals surface area contributed by atoms with E-state index in [4.69, 9.17) is 0 Å². The van der Waals surface area contributed by atoms with Crippen LogP contribution in [0.15, 0.2) is 30.5 Å². The van der Waals surface area contributed by atoms with Crippen molar-refractivity contribution in [1.82, 2.24) is 10.2 Å². The van der Waals surface area contributed by atoms with Crippen LogP contribution in [0.2, 0.25) is 0 Å². The molecule has 4 nitrogen and oxygen atoms in total. The predicted octanol–water partition coefficient (Wildman–Crippen LogP) is 2.53. The van der Waals surface area contributed by atoms with E-state index in [0.717, 1.165) is 24.1 Å². The topological polar surface area (TPSA) is 57.8 Å². The Bertz CT molecular complexity index is 614. The Hall–Kier alpha value is -2.17. The number of aryl methyl sites for hydroxylation is 1. The van der Waals surface area contributed by atoms with Crippen molar-refractivity contribution in [2.24, 2.45) is 0 Å². The van der Waals surface area contributed by atoms with Crippen molar-refractivity contribution >= 4 is 11.6 Å². The fourth-order valence-electron chi connectivity index (χ4n) is 2.26. The molecule has 1 saturated carbocycles. The number of aromatic amines is 1. The van der Waals surface area contributed by atoms with Crippen molar-refractivity contribution < 1.29 is 9.18 Å². The molecule has 1 amide bonds. The first kappa shape index (κ1) is 11.9. The summed E-state index contributed by atoms with van der Waals surface area (Å²) in [6, 6.07) is 6.16. The number of hydrogen-bond acceptors (Lipinski definition) is 2. The lowest BCUT2D eigenvalue weighted by Crippen LogP contribution is -2.27. The van der Waals surface area contributed by atoms with Crippen LogP contribution >= 0.6 is 0 Å². The van der Waals surface area contributed by atoms with E-state index in [9.17, 15) is 9.18 Å². The van der Waals surface area contributed by atoms with Crippen molar-refractivity contribution in [2.75, 3.05) is 5.32 Å². The number of carbonyl (C=O) groups excluding carboxylic acids is 1. The molecule has 2 aromatic rings. The number of aromatic nitrogens is 2. The van der Waals surface area contributed by atoms with Crippen molar-refractivity contribution in [2.45, 2.75) is 25.2 Å². The van der Waals surface area contributed by atoms with E-state index in [2.05, 4.69) is 15.5 Å². The molecule has 19 heavy (non-hydrogen) atoms. The average molecular weight is 259 g/mol. The third-order valence-electron chi connectivity index (χ3n) is 3.66. The highest BCUT2D eigenvalue weighted by atomic mass is 19.1. The van der Waals surface area contributed by atoms with Gasteiger partial charge in [0.25, 0.3) is 0 Å². The molecule has 0 aliphatic heterocycles. The first-order valence-electron chi connectivity index (χ1n) is 6.19. The quantitative estimate of drug-likeness (QED) is 0.889. The molecule has 1 aliphatic carbocycles. The molecule has 0 spiro atoms. The van der Waals surface area contributed by atoms with Crippen molar-refractivity contribution in [3.8, 4) is 0 Å². The number of rotatable bonds is 3. The summed E-state index contributed by atoms with van der Waals surface area (Å²) in [5.74, 6) is -0.339. The van der Waals surface area contributed by atoms with Crippen LogP contribution < -0.4 is 5.32 Å². The Kier molecular flexibility index (Phi) is 2.62. The molecule has 1 aromatic carbocycles. The number of nitrogens with zero attached hydrogens (tertiary/aromatic N) is 1. The minimum absolute atomic E-state index is 0.0522. The van der Waals surface area contributed by atoms with Gasteiger partial charge in [0.05, 0.1) is 23.0 Å². The van der Waals surface area contributed by atoms with Crippen LogP contribution in [0.3, 0.4) is 0 Å². The van der Waals surface area contributed by atoms with E-state index in [1.807, 2.05) is 6.92 Å². The van der Waals surface area contributed by atoms with E-state index in [1.54, 1.807) is 18.3 Å². The molecular weight excluding hydrogens is 245 g/mol. The first-order chi connectivity index (χ1) is 9.12. The lowest BCUT2D eigenvalue weighted by atomic mass is 9.95. The molecule has 1 heterocycles. The zero-order valence-corrected chi connectivity index (χ0v) is 10.5. The standard InChI is InChI=1S/C14H14FN3O/c1-9-12(8-16-18-9)17-13(19)14(6-7-14)10-2-4-11(15)5-3-10/h2-5,8H,6-7H2,1H3,(H,16,18)(H,17,19). The van der Waals surface area contributed by atoms with Gasteiger partial charge in [0.1, 0.15) is 5.82 Å². The SMILES string of the molecule is Cc1[nH]ncc1NC(=O)C1(c2ccc(F)cc2)CC1. The predicted molar refractivity (Wildman–Crippen MR) is 69.3 cm³/mol. The van der Waals surface area contributed by atoms with Crippen LogP contribution in [0.5, 0.6) is 0 Å². The van der Waals surface area contributed by atoms with Crippen LogP contribution in [-0.4, -0.2) is 16.1 Å². The van der Waals surface area contributed by atoms with Gasteiger partial charge in [-0.25, -0.2) is 4.39 Å². The second-order valence-electron chi connectivity index (χ2n) is 4.95. The van der Waals surface area contributed by atoms with Crippen LogP contribution in [0.25, 0.3) is 0 Å². The summed E-state index contributed by atoms with van der Waals surface area (Å²) in [6.07, 6.45) is 3.18. The number of nitrogens with one attached hydrogen (secondary N) is 2. The summed E-state index contributed by atoms with van der Waals surface area (Å²) in [7, 11) is 0. The fourth-order valence-corrected chi connectivity index (χ4v) is 2.26. The molecule has 2 N–H and O–H groups in total. The maximum Gasteiger partial charge on any atom is 0.235 e. The van der Waals surface area contributed by atoms with Gasteiger partial charge in [0.2, 0.25) is 5.91 Å². The lowest BCUT2D eigenvalue weighted by molar-refractivity contribution is -0.118. The van der Waals surface area contributed by atoms with Gasteiger partial charge in [0, 0.05) is 0 Å². The van der Waals surface area contributed by atoms with Crippen molar-refractivity contribution in [3.05, 3.63) is 47.5 Å². The Morgan fingerprint density at radius 3 is 2.58 bits per heavy atom. The van der Waals surface area contributed by atoms with Gasteiger partial charge in [-0.15, -0.1) is 0 Å². The summed E-state index contributed by atoms with van der Waals surface area (Å²) in [5, 5.41) is 9.53. The molecule has 0 unspecified atom stereocenters. The molecule has 5 heteroatoms. The number of anilines is 1. The summed E-state index contributed by atoms with van der Waals surface area (Å²) in [6.45, 7) is 1.85. The van der Waals surface area contributed by atoms with Gasteiger partial charge in [0.15, 0.2) is 0 Å². The third kappa shape index (κ3) is 2.01. The van der Waals surface area contributed by atoms with Crippen molar-refractivity contribution in [3.63, 3.8) is 0 Å². The van der Waals surface area contributed by atoms with Gasteiger partial charge in [-0.3, -0.25) is 9.89 Å². The normalized spacial score (nSPS) is 16.1. The molecule has 0 bridgehead atoms. The summed E-state index contributed by atoms with van der Waals surface area (Å²) in [5.41, 5.74) is 1.88. The zero-order chi connectivity index (χ0) is 13.5. The highest BCUT2D eigenvalue weighted by molar-refractivity contribution is 6.01. The van der Waals surface area contributed by atoms with Crippen LogP contribution in [-0.2, 0) is 10.2 Å². The summed E-state index contributed by atoms with van der Waals surface area (Å²) in [4.78, 5) is 12.4. The monoisotopic (exact) mass is 259 g/mol. The molecule has 1 aromatic heterocycles. The Morgan fingerprint density at radius 2 is 2.05 bits per heavy atom. The fraction of sp³-hybridized carbons (Fsp3) is 0.286. The molecule has 0 radical (unpaired) electrons. The Balaban J connectivity index is 1.83. The number of carbonyl (C=O) groups is 1. The second kappa shape index (κ2) is 4.19. The molecule has 3 rings (SSSR count). The molecule has 0 saturated heterocycles. The maximum atomic E-state index is 12.9. The maximum absolute atomic E-state index is 12.9.